The molecule has 0 heterocycles. The van der Waals surface area contributed by atoms with Crippen LogP contribution in [0.25, 0.3) is 0 Å². The van der Waals surface area contributed by atoms with Gasteiger partial charge in [0.05, 0.1) is 0 Å². The Hall–Kier alpha value is -5.23. The molecule has 0 bridgehead atoms. The van der Waals surface area contributed by atoms with E-state index < -0.39 is 6.10 Å². The third-order valence-electron chi connectivity index (χ3n) is 10.1. The Balaban J connectivity index is 4.63. The zero-order valence-electron chi connectivity index (χ0n) is 42.8. The maximum atomic E-state index is 12.8. The van der Waals surface area contributed by atoms with Crippen LogP contribution in [0, 0.1) is 0 Å². The van der Waals surface area contributed by atoms with Crippen LogP contribution in [0.1, 0.15) is 181 Å². The normalized spacial score (nSPS) is 13.5. The Morgan fingerprint density at radius 3 is 1.13 bits per heavy atom. The number of hydrogen-bond donors (Lipinski definition) is 0. The molecule has 6 nitrogen and oxygen atoms in total. The molecule has 6 heteroatoms. The number of hydrogen-bond acceptors (Lipinski definition) is 6. The lowest BCUT2D eigenvalue weighted by atomic mass is 10.1. The molecule has 0 aromatic carbocycles. The Morgan fingerprint density at radius 1 is 0.324 bits per heavy atom. The van der Waals surface area contributed by atoms with Crippen LogP contribution >= 0.6 is 0 Å². The molecule has 0 rings (SSSR count). The molecule has 0 aromatic rings. The fourth-order valence-electron chi connectivity index (χ4n) is 6.26. The fourth-order valence-corrected chi connectivity index (χ4v) is 6.26. The van der Waals surface area contributed by atoms with Gasteiger partial charge in [-0.25, -0.2) is 0 Å². The van der Waals surface area contributed by atoms with Gasteiger partial charge in [-0.15, -0.1) is 0 Å². The molecule has 0 aliphatic rings. The van der Waals surface area contributed by atoms with Gasteiger partial charge < -0.3 is 14.2 Å². The smallest absolute Gasteiger partial charge is 0.306 e. The second-order valence-electron chi connectivity index (χ2n) is 16.5. The monoisotopic (exact) mass is 933 g/mol. The first kappa shape index (κ1) is 62.8. The van der Waals surface area contributed by atoms with Gasteiger partial charge in [0.25, 0.3) is 0 Å². The predicted molar refractivity (Wildman–Crippen MR) is 292 cm³/mol. The number of carbonyl (C=O) groups excluding carboxylic acids is 3. The van der Waals surface area contributed by atoms with Gasteiger partial charge in [0.1, 0.15) is 13.2 Å². The van der Waals surface area contributed by atoms with E-state index in [-0.39, 0.29) is 44.0 Å². The van der Waals surface area contributed by atoms with E-state index in [1.165, 1.54) is 6.42 Å². The van der Waals surface area contributed by atoms with Crippen molar-refractivity contribution in [3.63, 3.8) is 0 Å². The first-order valence-electron chi connectivity index (χ1n) is 26.2. The summed E-state index contributed by atoms with van der Waals surface area (Å²) in [6.07, 6.45) is 80.5. The highest BCUT2D eigenvalue weighted by Crippen LogP contribution is 2.12. The summed E-state index contributed by atoms with van der Waals surface area (Å²) < 4.78 is 16.7. The molecule has 0 N–H and O–H groups in total. The van der Waals surface area contributed by atoms with E-state index in [0.29, 0.717) is 12.8 Å². The summed E-state index contributed by atoms with van der Waals surface area (Å²) in [5, 5.41) is 0. The second kappa shape index (κ2) is 54.4. The molecule has 376 valence electrons. The molecule has 0 aliphatic carbocycles. The molecule has 0 saturated carbocycles. The zero-order valence-corrected chi connectivity index (χ0v) is 42.8. The quantitative estimate of drug-likeness (QED) is 0.0199. The molecule has 0 spiro atoms. The average Bonchev–Trinajstić information content (AvgIpc) is 3.34. The Labute approximate surface area is 415 Å². The van der Waals surface area contributed by atoms with E-state index in [9.17, 15) is 14.4 Å². The van der Waals surface area contributed by atoms with Crippen LogP contribution in [0.15, 0.2) is 170 Å². The van der Waals surface area contributed by atoms with Crippen molar-refractivity contribution < 1.29 is 28.6 Å². The molecule has 0 fully saturated rings. The van der Waals surface area contributed by atoms with Gasteiger partial charge >= 0.3 is 17.9 Å². The topological polar surface area (TPSA) is 78.9 Å². The number of rotatable bonds is 44. The lowest BCUT2D eigenvalue weighted by molar-refractivity contribution is -0.166. The number of carbonyl (C=O) groups is 3. The predicted octanol–water partition coefficient (Wildman–Crippen LogP) is 17.6. The van der Waals surface area contributed by atoms with E-state index >= 15 is 0 Å². The highest BCUT2D eigenvalue weighted by molar-refractivity contribution is 5.71. The van der Waals surface area contributed by atoms with Crippen LogP contribution in [-0.2, 0) is 28.6 Å². The van der Waals surface area contributed by atoms with E-state index in [0.717, 1.165) is 128 Å². The molecular formula is C62H92O6. The van der Waals surface area contributed by atoms with Crippen molar-refractivity contribution in [1.29, 1.82) is 0 Å². The number of unbranched alkanes of at least 4 members (excludes halogenated alkanes) is 11. The van der Waals surface area contributed by atoms with Crippen LogP contribution < -0.4 is 0 Å². The minimum atomic E-state index is -0.840. The Morgan fingerprint density at radius 2 is 0.676 bits per heavy atom. The maximum absolute atomic E-state index is 12.8. The summed E-state index contributed by atoms with van der Waals surface area (Å²) in [5.41, 5.74) is 0. The summed E-state index contributed by atoms with van der Waals surface area (Å²) in [5.74, 6) is -1.08. The van der Waals surface area contributed by atoms with Crippen LogP contribution in [0.5, 0.6) is 0 Å². The van der Waals surface area contributed by atoms with E-state index in [1.807, 2.05) is 54.7 Å². The van der Waals surface area contributed by atoms with E-state index in [4.69, 9.17) is 14.2 Å². The first-order chi connectivity index (χ1) is 33.5. The summed E-state index contributed by atoms with van der Waals surface area (Å²) in [4.78, 5) is 38.0. The Kier molecular flexibility index (Phi) is 50.2. The molecule has 68 heavy (non-hydrogen) atoms. The van der Waals surface area contributed by atoms with Gasteiger partial charge in [-0.1, -0.05) is 236 Å². The van der Waals surface area contributed by atoms with Crippen molar-refractivity contribution in [1.82, 2.24) is 0 Å². The van der Waals surface area contributed by atoms with Crippen LogP contribution in [0.2, 0.25) is 0 Å². The van der Waals surface area contributed by atoms with Crippen LogP contribution in [-0.4, -0.2) is 37.2 Å². The minimum Gasteiger partial charge on any atom is -0.462 e. The molecule has 0 aromatic heterocycles. The molecule has 0 saturated heterocycles. The van der Waals surface area contributed by atoms with Gasteiger partial charge in [-0.3, -0.25) is 14.4 Å². The lowest BCUT2D eigenvalue weighted by Gasteiger charge is -2.18. The van der Waals surface area contributed by atoms with Crippen molar-refractivity contribution in [3.05, 3.63) is 170 Å². The Bertz CT molecular complexity index is 1640. The SMILES string of the molecule is CC\C=C/C=C\C=C/CCCCCCCC(=O)OCC(COC(=O)CC/C=C\C/C=C\C/C=C\C/C=C\C/C=C\C/C=C\CC)OC(=O)CCCCCCC\C=C/C=C\C=C/C=C\C=C/CCC. The zero-order chi connectivity index (χ0) is 49.3. The third-order valence-corrected chi connectivity index (χ3v) is 10.1. The fraction of sp³-hybridized carbons (Fsp3) is 0.500. The van der Waals surface area contributed by atoms with Crippen molar-refractivity contribution in [2.75, 3.05) is 13.2 Å². The van der Waals surface area contributed by atoms with Crippen LogP contribution in [0.4, 0.5) is 0 Å². The highest BCUT2D eigenvalue weighted by Gasteiger charge is 2.19. The molecular weight excluding hydrogens is 841 g/mol. The van der Waals surface area contributed by atoms with Gasteiger partial charge in [0.2, 0.25) is 0 Å². The summed E-state index contributed by atoms with van der Waals surface area (Å²) in [6, 6.07) is 0. The molecule has 0 aliphatic heterocycles. The van der Waals surface area contributed by atoms with Crippen molar-refractivity contribution >= 4 is 17.9 Å². The van der Waals surface area contributed by atoms with Gasteiger partial charge in [-0.05, 0) is 96.3 Å². The van der Waals surface area contributed by atoms with Gasteiger partial charge in [0.15, 0.2) is 6.10 Å². The summed E-state index contributed by atoms with van der Waals surface area (Å²) in [6.45, 7) is 6.16. The maximum Gasteiger partial charge on any atom is 0.306 e. The van der Waals surface area contributed by atoms with Gasteiger partial charge in [0, 0.05) is 19.3 Å². The van der Waals surface area contributed by atoms with Crippen molar-refractivity contribution in [2.45, 2.75) is 187 Å². The standard InChI is InChI=1S/C62H92O6/c1-4-7-10-13-16-19-22-25-27-29-31-33-34-37-40-43-46-49-52-55-61(64)67-58-59(57-66-60(63)54-51-48-45-42-39-36-24-21-18-15-12-9-6-3)68-62(65)56-53-50-47-44-41-38-35-32-30-28-26-23-20-17-14-11-8-5-2/h7,9-12,14-21,23-28,30-33,35,37,40,46,49,59H,4-6,8,13,22,29,34,36,38-39,41-45,47-48,50-58H2,1-3H3/b10-7-,12-9-,14-11-,18-15-,19-16-,20-17-,24-21-,26-23-,27-25-,30-28-,33-31-,35-32-,40-37-,49-46-. The first-order valence-corrected chi connectivity index (χ1v) is 26.2. The number of ether oxygens (including phenoxy) is 3. The molecule has 0 amide bonds. The van der Waals surface area contributed by atoms with E-state index in [2.05, 4.69) is 136 Å². The average molecular weight is 933 g/mol. The van der Waals surface area contributed by atoms with E-state index in [1.54, 1.807) is 0 Å². The summed E-state index contributed by atoms with van der Waals surface area (Å²) >= 11 is 0. The number of esters is 3. The summed E-state index contributed by atoms with van der Waals surface area (Å²) in [7, 11) is 0. The van der Waals surface area contributed by atoms with Crippen molar-refractivity contribution in [2.24, 2.45) is 0 Å². The highest BCUT2D eigenvalue weighted by atomic mass is 16.6. The minimum absolute atomic E-state index is 0.132. The number of allylic oxidation sites excluding steroid dienone is 28. The molecule has 0 radical (unpaired) electrons. The van der Waals surface area contributed by atoms with Crippen molar-refractivity contribution in [3.8, 4) is 0 Å². The second-order valence-corrected chi connectivity index (χ2v) is 16.5. The lowest BCUT2D eigenvalue weighted by Crippen LogP contribution is -2.30. The van der Waals surface area contributed by atoms with Gasteiger partial charge in [-0.2, -0.15) is 0 Å². The largest absolute Gasteiger partial charge is 0.462 e. The molecule has 1 atom stereocenters. The molecule has 1 unspecified atom stereocenters. The third kappa shape index (κ3) is 51.7. The van der Waals surface area contributed by atoms with Crippen LogP contribution in [0.3, 0.4) is 0 Å².